The van der Waals surface area contributed by atoms with Gasteiger partial charge in [0.2, 0.25) is 0 Å². The van der Waals surface area contributed by atoms with E-state index in [0.29, 0.717) is 5.75 Å². The third kappa shape index (κ3) is 4.28. The minimum absolute atomic E-state index is 0.0240. The van der Waals surface area contributed by atoms with Gasteiger partial charge in [0, 0.05) is 57.1 Å². The predicted octanol–water partition coefficient (Wildman–Crippen LogP) is 2.52. The van der Waals surface area contributed by atoms with Crippen molar-refractivity contribution in [2.24, 2.45) is 0 Å². The minimum Gasteiger partial charge on any atom is -0.483 e. The zero-order chi connectivity index (χ0) is 19.6. The molecule has 148 valence electrons. The van der Waals surface area contributed by atoms with E-state index in [4.69, 9.17) is 9.47 Å². The number of hydrogen-bond acceptors (Lipinski definition) is 5. The van der Waals surface area contributed by atoms with Crippen molar-refractivity contribution in [3.05, 3.63) is 53.9 Å². The Balaban J connectivity index is 1.28. The average Bonchev–Trinajstić information content (AvgIpc) is 3.02. The number of ether oxygens (including phenoxy) is 2. The average molecular weight is 381 g/mol. The normalized spacial score (nSPS) is 18.4. The van der Waals surface area contributed by atoms with Gasteiger partial charge in [-0.25, -0.2) is 0 Å². The number of rotatable bonds is 5. The molecule has 2 aliphatic heterocycles. The van der Waals surface area contributed by atoms with Crippen LogP contribution in [0.4, 0.5) is 0 Å². The van der Waals surface area contributed by atoms with Crippen LogP contribution >= 0.6 is 0 Å². The first-order valence-corrected chi connectivity index (χ1v) is 9.83. The van der Waals surface area contributed by atoms with E-state index >= 15 is 0 Å². The fraction of sp³-hybridized carbons (Fsp3) is 0.455. The summed E-state index contributed by atoms with van der Waals surface area (Å²) in [7, 11) is 0. The second-order valence-corrected chi connectivity index (χ2v) is 8.09. The molecule has 0 bridgehead atoms. The third-order valence-electron chi connectivity index (χ3n) is 5.26. The number of amides is 1. The maximum atomic E-state index is 12.6. The van der Waals surface area contributed by atoms with Gasteiger partial charge < -0.3 is 14.4 Å². The highest BCUT2D eigenvalue weighted by Gasteiger charge is 2.32. The summed E-state index contributed by atoms with van der Waals surface area (Å²) < 4.78 is 11.9. The molecule has 0 saturated carbocycles. The van der Waals surface area contributed by atoms with Crippen LogP contribution in [0.3, 0.4) is 0 Å². The first-order chi connectivity index (χ1) is 13.5. The molecule has 1 amide bonds. The first-order valence-electron chi connectivity index (χ1n) is 9.83. The van der Waals surface area contributed by atoms with E-state index in [0.717, 1.165) is 50.5 Å². The highest BCUT2D eigenvalue weighted by atomic mass is 16.5. The molecule has 28 heavy (non-hydrogen) atoms. The molecule has 1 aromatic heterocycles. The maximum absolute atomic E-state index is 12.6. The monoisotopic (exact) mass is 381 g/mol. The summed E-state index contributed by atoms with van der Waals surface area (Å²) in [5, 5.41) is 0. The van der Waals surface area contributed by atoms with Gasteiger partial charge in [0.05, 0.1) is 0 Å². The molecule has 1 saturated heterocycles. The van der Waals surface area contributed by atoms with Crippen LogP contribution in [0, 0.1) is 0 Å². The lowest BCUT2D eigenvalue weighted by Crippen LogP contribution is -2.49. The van der Waals surface area contributed by atoms with Gasteiger partial charge in [0.15, 0.2) is 18.1 Å². The van der Waals surface area contributed by atoms with Crippen LogP contribution < -0.4 is 9.47 Å². The zero-order valence-corrected chi connectivity index (χ0v) is 16.6. The van der Waals surface area contributed by atoms with Gasteiger partial charge in [-0.1, -0.05) is 18.2 Å². The standard InChI is InChI=1S/C22H27N3O3/c1-22(2)13-18-6-3-7-19(21(18)28-22)27-16-20(26)25-11-9-24(10-12-25)15-17-5-4-8-23-14-17/h3-8,14H,9-13,15-16H2,1-2H3. The summed E-state index contributed by atoms with van der Waals surface area (Å²) in [6.45, 7) is 8.20. The van der Waals surface area contributed by atoms with Gasteiger partial charge in [-0.2, -0.15) is 0 Å². The van der Waals surface area contributed by atoms with E-state index in [-0.39, 0.29) is 18.1 Å². The fourth-order valence-corrected chi connectivity index (χ4v) is 3.84. The van der Waals surface area contributed by atoms with Gasteiger partial charge in [-0.15, -0.1) is 0 Å². The fourth-order valence-electron chi connectivity index (χ4n) is 3.84. The molecule has 3 heterocycles. The Morgan fingerprint density at radius 3 is 2.75 bits per heavy atom. The number of carbonyl (C=O) groups excluding carboxylic acids is 1. The Morgan fingerprint density at radius 1 is 1.18 bits per heavy atom. The summed E-state index contributed by atoms with van der Waals surface area (Å²) in [6, 6.07) is 9.93. The molecule has 0 spiro atoms. The molecule has 2 aromatic rings. The molecular formula is C22H27N3O3. The molecule has 4 rings (SSSR count). The lowest BCUT2D eigenvalue weighted by molar-refractivity contribution is -0.135. The van der Waals surface area contributed by atoms with Gasteiger partial charge in [0.1, 0.15) is 5.60 Å². The smallest absolute Gasteiger partial charge is 0.260 e. The topological polar surface area (TPSA) is 54.9 Å². The van der Waals surface area contributed by atoms with Crippen LogP contribution in [0.15, 0.2) is 42.7 Å². The van der Waals surface area contributed by atoms with Gasteiger partial charge in [-0.05, 0) is 31.5 Å². The Morgan fingerprint density at radius 2 is 2.00 bits per heavy atom. The molecule has 0 atom stereocenters. The Hall–Kier alpha value is -2.60. The number of fused-ring (bicyclic) bond motifs is 1. The second-order valence-electron chi connectivity index (χ2n) is 8.09. The molecule has 0 radical (unpaired) electrons. The van der Waals surface area contributed by atoms with Crippen molar-refractivity contribution in [2.45, 2.75) is 32.4 Å². The molecule has 2 aliphatic rings. The van der Waals surface area contributed by atoms with Crippen molar-refractivity contribution in [1.29, 1.82) is 0 Å². The van der Waals surface area contributed by atoms with E-state index in [1.54, 1.807) is 6.20 Å². The number of hydrogen-bond donors (Lipinski definition) is 0. The summed E-state index contributed by atoms with van der Waals surface area (Å²) in [6.07, 6.45) is 4.54. The highest BCUT2D eigenvalue weighted by molar-refractivity contribution is 5.78. The number of piperazine rings is 1. The summed E-state index contributed by atoms with van der Waals surface area (Å²) >= 11 is 0. The zero-order valence-electron chi connectivity index (χ0n) is 16.6. The summed E-state index contributed by atoms with van der Waals surface area (Å²) in [4.78, 5) is 21.0. The van der Waals surface area contributed by atoms with Crippen molar-refractivity contribution in [3.63, 3.8) is 0 Å². The quantitative estimate of drug-likeness (QED) is 0.797. The third-order valence-corrected chi connectivity index (χ3v) is 5.26. The molecule has 6 nitrogen and oxygen atoms in total. The molecule has 1 fully saturated rings. The molecular weight excluding hydrogens is 354 g/mol. The van der Waals surface area contributed by atoms with Crippen LogP contribution in [0.5, 0.6) is 11.5 Å². The number of carbonyl (C=O) groups is 1. The van der Waals surface area contributed by atoms with Crippen LogP contribution in [0.2, 0.25) is 0 Å². The summed E-state index contributed by atoms with van der Waals surface area (Å²) in [5.41, 5.74) is 2.11. The number of benzene rings is 1. The van der Waals surface area contributed by atoms with Crippen LogP contribution in [0.25, 0.3) is 0 Å². The van der Waals surface area contributed by atoms with Crippen LogP contribution in [-0.4, -0.2) is 59.1 Å². The molecule has 0 aliphatic carbocycles. The van der Waals surface area contributed by atoms with E-state index in [1.807, 2.05) is 29.3 Å². The van der Waals surface area contributed by atoms with E-state index < -0.39 is 0 Å². The van der Waals surface area contributed by atoms with E-state index in [1.165, 1.54) is 5.56 Å². The molecule has 0 N–H and O–H groups in total. The number of aromatic nitrogens is 1. The number of pyridine rings is 1. The second kappa shape index (κ2) is 7.80. The van der Waals surface area contributed by atoms with Crippen molar-refractivity contribution < 1.29 is 14.3 Å². The van der Waals surface area contributed by atoms with Crippen molar-refractivity contribution >= 4 is 5.91 Å². The van der Waals surface area contributed by atoms with E-state index in [9.17, 15) is 4.79 Å². The first kappa shape index (κ1) is 18.7. The van der Waals surface area contributed by atoms with Crippen LogP contribution in [0.1, 0.15) is 25.0 Å². The van der Waals surface area contributed by atoms with Crippen LogP contribution in [-0.2, 0) is 17.8 Å². The Bertz CT molecular complexity index is 830. The summed E-state index contributed by atoms with van der Waals surface area (Å²) in [5.74, 6) is 1.46. The number of para-hydroxylation sites is 1. The minimum atomic E-state index is -0.226. The Labute approximate surface area is 166 Å². The highest BCUT2D eigenvalue weighted by Crippen LogP contribution is 2.41. The van der Waals surface area contributed by atoms with Crippen molar-refractivity contribution in [2.75, 3.05) is 32.8 Å². The van der Waals surface area contributed by atoms with Crippen molar-refractivity contribution in [1.82, 2.24) is 14.8 Å². The van der Waals surface area contributed by atoms with Gasteiger partial charge in [0.25, 0.3) is 5.91 Å². The van der Waals surface area contributed by atoms with Gasteiger partial charge >= 0.3 is 0 Å². The SMILES string of the molecule is CC1(C)Cc2cccc(OCC(=O)N3CCN(Cc4cccnc4)CC3)c2O1. The molecule has 0 unspecified atom stereocenters. The predicted molar refractivity (Wildman–Crippen MR) is 106 cm³/mol. The molecule has 6 heteroatoms. The largest absolute Gasteiger partial charge is 0.483 e. The Kier molecular flexibility index (Phi) is 5.22. The van der Waals surface area contributed by atoms with Gasteiger partial charge in [-0.3, -0.25) is 14.7 Å². The maximum Gasteiger partial charge on any atom is 0.260 e. The number of nitrogens with zero attached hydrogens (tertiary/aromatic N) is 3. The van der Waals surface area contributed by atoms with Crippen molar-refractivity contribution in [3.8, 4) is 11.5 Å². The van der Waals surface area contributed by atoms with E-state index in [2.05, 4.69) is 35.9 Å². The molecule has 1 aromatic carbocycles. The lowest BCUT2D eigenvalue weighted by Gasteiger charge is -2.34. The lowest BCUT2D eigenvalue weighted by atomic mass is 10.0.